The first-order chi connectivity index (χ1) is 12.5. The molecular formula is C19H14ClIN2O2S. The van der Waals surface area contributed by atoms with Gasteiger partial charge in [-0.1, -0.05) is 29.4 Å². The van der Waals surface area contributed by atoms with Crippen LogP contribution >= 0.6 is 46.0 Å². The summed E-state index contributed by atoms with van der Waals surface area (Å²) in [7, 11) is 0. The molecule has 1 heterocycles. The van der Waals surface area contributed by atoms with Crippen molar-refractivity contribution in [1.29, 1.82) is 0 Å². The van der Waals surface area contributed by atoms with Crippen molar-refractivity contribution >= 4 is 62.6 Å². The number of ketones is 1. The molecule has 2 aromatic carbocycles. The van der Waals surface area contributed by atoms with Crippen molar-refractivity contribution in [3.8, 4) is 0 Å². The van der Waals surface area contributed by atoms with Crippen LogP contribution in [-0.4, -0.2) is 21.1 Å². The molecule has 0 radical (unpaired) electrons. The van der Waals surface area contributed by atoms with Gasteiger partial charge in [-0.2, -0.15) is 0 Å². The Morgan fingerprint density at radius 1 is 1.27 bits per heavy atom. The van der Waals surface area contributed by atoms with Gasteiger partial charge in [-0.15, -0.1) is 6.58 Å². The van der Waals surface area contributed by atoms with Crippen molar-refractivity contribution in [3.05, 3.63) is 79.6 Å². The summed E-state index contributed by atoms with van der Waals surface area (Å²) in [4.78, 5) is 29.8. The first-order valence-electron chi connectivity index (χ1n) is 7.72. The first kappa shape index (κ1) is 19.1. The number of hydrogen-bond acceptors (Lipinski definition) is 4. The lowest BCUT2D eigenvalue weighted by molar-refractivity contribution is 0.102. The molecule has 132 valence electrons. The minimum atomic E-state index is -0.130. The zero-order valence-corrected chi connectivity index (χ0v) is 17.3. The molecule has 0 aliphatic heterocycles. The molecule has 0 unspecified atom stereocenters. The third kappa shape index (κ3) is 4.19. The molecule has 0 aliphatic rings. The van der Waals surface area contributed by atoms with Crippen LogP contribution in [-0.2, 0) is 6.54 Å². The second-order valence-corrected chi connectivity index (χ2v) is 8.10. The van der Waals surface area contributed by atoms with Crippen LogP contribution in [0.25, 0.3) is 10.9 Å². The maximum atomic E-state index is 12.8. The van der Waals surface area contributed by atoms with Crippen LogP contribution in [0.5, 0.6) is 0 Å². The lowest BCUT2D eigenvalue weighted by atomic mass is 10.1. The highest BCUT2D eigenvalue weighted by atomic mass is 127. The van der Waals surface area contributed by atoms with E-state index in [4.69, 9.17) is 11.6 Å². The van der Waals surface area contributed by atoms with Crippen molar-refractivity contribution in [3.63, 3.8) is 0 Å². The molecule has 0 N–H and O–H groups in total. The second-order valence-electron chi connectivity index (χ2n) is 5.48. The van der Waals surface area contributed by atoms with Crippen LogP contribution in [0, 0.1) is 3.57 Å². The Bertz CT molecular complexity index is 1050. The molecule has 7 heteroatoms. The Balaban J connectivity index is 1.93. The van der Waals surface area contributed by atoms with Crippen molar-refractivity contribution in [1.82, 2.24) is 9.55 Å². The van der Waals surface area contributed by atoms with E-state index in [1.54, 1.807) is 34.9 Å². The van der Waals surface area contributed by atoms with Crippen molar-refractivity contribution in [2.24, 2.45) is 0 Å². The van der Waals surface area contributed by atoms with Crippen molar-refractivity contribution in [2.45, 2.75) is 11.7 Å². The molecule has 0 aliphatic carbocycles. The predicted octanol–water partition coefficient (Wildman–Crippen LogP) is 4.82. The molecule has 0 amide bonds. The second kappa shape index (κ2) is 8.37. The molecule has 0 bridgehead atoms. The molecular weight excluding hydrogens is 483 g/mol. The molecule has 0 atom stereocenters. The summed E-state index contributed by atoms with van der Waals surface area (Å²) >= 11 is 9.27. The van der Waals surface area contributed by atoms with Crippen LogP contribution in [0.4, 0.5) is 0 Å². The fourth-order valence-electron chi connectivity index (χ4n) is 2.42. The maximum Gasteiger partial charge on any atom is 0.262 e. The first-order valence-corrected chi connectivity index (χ1v) is 10.2. The fraction of sp³-hybridized carbons (Fsp3) is 0.105. The van der Waals surface area contributed by atoms with Gasteiger partial charge in [0, 0.05) is 20.7 Å². The van der Waals surface area contributed by atoms with Gasteiger partial charge in [0.2, 0.25) is 0 Å². The van der Waals surface area contributed by atoms with Gasteiger partial charge in [0.1, 0.15) is 0 Å². The molecule has 0 spiro atoms. The molecule has 0 saturated carbocycles. The molecule has 4 nitrogen and oxygen atoms in total. The number of carbonyl (C=O) groups excluding carboxylic acids is 1. The average Bonchev–Trinajstić information content (AvgIpc) is 2.63. The van der Waals surface area contributed by atoms with Crippen molar-refractivity contribution in [2.75, 3.05) is 5.75 Å². The summed E-state index contributed by atoms with van der Waals surface area (Å²) in [6.45, 7) is 4.05. The average molecular weight is 497 g/mol. The molecule has 0 fully saturated rings. The zero-order chi connectivity index (χ0) is 18.7. The molecule has 26 heavy (non-hydrogen) atoms. The smallest absolute Gasteiger partial charge is 0.262 e. The largest absolute Gasteiger partial charge is 0.293 e. The number of hydrogen-bond donors (Lipinski definition) is 0. The van der Waals surface area contributed by atoms with Gasteiger partial charge in [0.05, 0.1) is 16.7 Å². The van der Waals surface area contributed by atoms with E-state index in [0.29, 0.717) is 33.2 Å². The maximum absolute atomic E-state index is 12.8. The Morgan fingerprint density at radius 3 is 2.69 bits per heavy atom. The number of benzene rings is 2. The van der Waals surface area contributed by atoms with E-state index < -0.39 is 0 Å². The van der Waals surface area contributed by atoms with Gasteiger partial charge >= 0.3 is 0 Å². The Hall–Kier alpha value is -1.64. The summed E-state index contributed by atoms with van der Waals surface area (Å²) < 4.78 is 2.52. The van der Waals surface area contributed by atoms with Gasteiger partial charge < -0.3 is 0 Å². The number of halogens is 2. The van der Waals surface area contributed by atoms with Gasteiger partial charge in [-0.25, -0.2) is 4.98 Å². The molecule has 0 saturated heterocycles. The number of Topliss-reactive ketones (excluding diaryl/α,β-unsaturated/α-hetero) is 1. The monoisotopic (exact) mass is 496 g/mol. The standard InChI is InChI=1S/C19H14ClIN2O2S/c1-2-9-23-18(25)15-10-14(21)7-8-16(15)22-19(23)26-11-17(24)12-3-5-13(20)6-4-12/h2-8,10H,1,9,11H2. The Labute approximate surface area is 173 Å². The Kier molecular flexibility index (Phi) is 6.16. The van der Waals surface area contributed by atoms with Gasteiger partial charge in [-0.3, -0.25) is 14.2 Å². The minimum Gasteiger partial charge on any atom is -0.293 e. The number of aromatic nitrogens is 2. The highest BCUT2D eigenvalue weighted by molar-refractivity contribution is 14.1. The molecule has 3 rings (SSSR count). The summed E-state index contributed by atoms with van der Waals surface area (Å²) in [5, 5.41) is 1.65. The Morgan fingerprint density at radius 2 is 2.00 bits per heavy atom. The summed E-state index contributed by atoms with van der Waals surface area (Å²) in [5.74, 6) is 0.134. The van der Waals surface area contributed by atoms with E-state index in [9.17, 15) is 9.59 Å². The SMILES string of the molecule is C=CCn1c(SCC(=O)c2ccc(Cl)cc2)nc2ccc(I)cc2c1=O. The predicted molar refractivity (Wildman–Crippen MR) is 115 cm³/mol. The zero-order valence-electron chi connectivity index (χ0n) is 13.6. The quantitative estimate of drug-likeness (QED) is 0.161. The molecule has 1 aromatic heterocycles. The van der Waals surface area contributed by atoms with E-state index in [2.05, 4.69) is 34.2 Å². The fourth-order valence-corrected chi connectivity index (χ4v) is 3.94. The lowest BCUT2D eigenvalue weighted by Gasteiger charge is -2.11. The van der Waals surface area contributed by atoms with Gasteiger partial charge in [0.25, 0.3) is 5.56 Å². The number of rotatable bonds is 6. The number of fused-ring (bicyclic) bond motifs is 1. The van der Waals surface area contributed by atoms with Gasteiger partial charge in [-0.05, 0) is 65.1 Å². The van der Waals surface area contributed by atoms with Crippen molar-refractivity contribution < 1.29 is 4.79 Å². The third-order valence-corrected chi connectivity index (χ3v) is 5.59. The normalized spacial score (nSPS) is 10.8. The van der Waals surface area contributed by atoms with Crippen LogP contribution < -0.4 is 5.56 Å². The van der Waals surface area contributed by atoms with Gasteiger partial charge in [0.15, 0.2) is 10.9 Å². The van der Waals surface area contributed by atoms with E-state index in [1.165, 1.54) is 11.8 Å². The summed E-state index contributed by atoms with van der Waals surface area (Å²) in [6.07, 6.45) is 1.65. The highest BCUT2D eigenvalue weighted by Gasteiger charge is 2.14. The number of allylic oxidation sites excluding steroid dienone is 1. The third-order valence-electron chi connectivity index (χ3n) is 3.69. The van der Waals surface area contributed by atoms with Crippen LogP contribution in [0.1, 0.15) is 10.4 Å². The van der Waals surface area contributed by atoms with E-state index in [-0.39, 0.29) is 17.1 Å². The number of carbonyl (C=O) groups is 1. The summed E-state index contributed by atoms with van der Waals surface area (Å²) in [6, 6.07) is 12.3. The van der Waals surface area contributed by atoms with E-state index in [1.807, 2.05) is 18.2 Å². The minimum absolute atomic E-state index is 0.0474. The molecule has 3 aromatic rings. The van der Waals surface area contributed by atoms with E-state index in [0.717, 1.165) is 3.57 Å². The van der Waals surface area contributed by atoms with Crippen LogP contribution in [0.15, 0.2) is 65.1 Å². The van der Waals surface area contributed by atoms with Crippen LogP contribution in [0.2, 0.25) is 5.02 Å². The van der Waals surface area contributed by atoms with Crippen LogP contribution in [0.3, 0.4) is 0 Å². The topological polar surface area (TPSA) is 52.0 Å². The van der Waals surface area contributed by atoms with E-state index >= 15 is 0 Å². The number of nitrogens with zero attached hydrogens (tertiary/aromatic N) is 2. The number of thioether (sulfide) groups is 1. The highest BCUT2D eigenvalue weighted by Crippen LogP contribution is 2.21. The lowest BCUT2D eigenvalue weighted by Crippen LogP contribution is -2.23. The summed E-state index contributed by atoms with van der Waals surface area (Å²) in [5.41, 5.74) is 1.07.